The number of rotatable bonds is 9. The molecule has 152 valence electrons. The van der Waals surface area contributed by atoms with E-state index < -0.39 is 10.7 Å². The Kier molecular flexibility index (Phi) is 6.51. The third-order valence-electron chi connectivity index (χ3n) is 4.14. The summed E-state index contributed by atoms with van der Waals surface area (Å²) in [4.78, 5) is 34.9. The van der Waals surface area contributed by atoms with Crippen LogP contribution in [0.4, 0.5) is 5.69 Å². The monoisotopic (exact) mass is 407 g/mol. The SMILES string of the molecule is COCOc1c(C=Cc2ccc(C=O)o2)ccc([N+](=O)[O-])c1C(=O)c1ccccc1. The van der Waals surface area contributed by atoms with Crippen molar-refractivity contribution in [3.8, 4) is 5.75 Å². The molecule has 0 N–H and O–H groups in total. The molecular weight excluding hydrogens is 390 g/mol. The number of furan rings is 1. The van der Waals surface area contributed by atoms with E-state index in [1.165, 1.54) is 25.3 Å². The molecule has 1 aromatic heterocycles. The van der Waals surface area contributed by atoms with Crippen molar-refractivity contribution in [2.45, 2.75) is 0 Å². The molecule has 0 amide bonds. The van der Waals surface area contributed by atoms with Crippen molar-refractivity contribution in [3.05, 3.63) is 92.9 Å². The summed E-state index contributed by atoms with van der Waals surface area (Å²) >= 11 is 0. The molecule has 0 aliphatic carbocycles. The molecule has 30 heavy (non-hydrogen) atoms. The Morgan fingerprint density at radius 1 is 1.07 bits per heavy atom. The number of ketones is 1. The van der Waals surface area contributed by atoms with Crippen LogP contribution >= 0.6 is 0 Å². The van der Waals surface area contributed by atoms with E-state index in [4.69, 9.17) is 13.9 Å². The molecule has 0 radical (unpaired) electrons. The van der Waals surface area contributed by atoms with Gasteiger partial charge in [-0.05, 0) is 30.4 Å². The second-order valence-electron chi connectivity index (χ2n) is 6.07. The Labute approximate surface area is 171 Å². The maximum absolute atomic E-state index is 13.1. The number of methoxy groups -OCH3 is 1. The summed E-state index contributed by atoms with van der Waals surface area (Å²) in [7, 11) is 1.40. The van der Waals surface area contributed by atoms with Gasteiger partial charge in [0.2, 0.25) is 5.78 Å². The van der Waals surface area contributed by atoms with E-state index in [1.54, 1.807) is 48.6 Å². The predicted octanol–water partition coefficient (Wildman–Crippen LogP) is 4.38. The van der Waals surface area contributed by atoms with E-state index in [1.807, 2.05) is 0 Å². The summed E-state index contributed by atoms with van der Waals surface area (Å²) in [6.07, 6.45) is 3.71. The number of hydrogen-bond donors (Lipinski definition) is 0. The number of carbonyl (C=O) groups is 2. The summed E-state index contributed by atoms with van der Waals surface area (Å²) < 4.78 is 15.8. The van der Waals surface area contributed by atoms with Crippen LogP contribution in [-0.2, 0) is 4.74 Å². The molecule has 2 aromatic carbocycles. The molecule has 0 saturated carbocycles. The van der Waals surface area contributed by atoms with Crippen LogP contribution in [0.15, 0.2) is 59.0 Å². The molecule has 1 heterocycles. The van der Waals surface area contributed by atoms with Crippen molar-refractivity contribution in [3.63, 3.8) is 0 Å². The lowest BCUT2D eigenvalue weighted by Gasteiger charge is -2.13. The lowest BCUT2D eigenvalue weighted by molar-refractivity contribution is -0.385. The van der Waals surface area contributed by atoms with Gasteiger partial charge in [0.05, 0.1) is 4.92 Å². The molecule has 0 aliphatic rings. The minimum Gasteiger partial charge on any atom is -0.466 e. The number of nitrogens with zero attached hydrogens (tertiary/aromatic N) is 1. The van der Waals surface area contributed by atoms with Crippen molar-refractivity contribution >= 4 is 29.9 Å². The predicted molar refractivity (Wildman–Crippen MR) is 108 cm³/mol. The minimum atomic E-state index is -0.633. The second-order valence-corrected chi connectivity index (χ2v) is 6.07. The molecule has 3 aromatic rings. The van der Waals surface area contributed by atoms with Gasteiger partial charge in [0.15, 0.2) is 18.8 Å². The van der Waals surface area contributed by atoms with Crippen molar-refractivity contribution in [2.75, 3.05) is 13.9 Å². The average Bonchev–Trinajstić information content (AvgIpc) is 3.24. The van der Waals surface area contributed by atoms with Crippen molar-refractivity contribution in [2.24, 2.45) is 0 Å². The Morgan fingerprint density at radius 2 is 1.80 bits per heavy atom. The normalized spacial score (nSPS) is 10.8. The number of carbonyl (C=O) groups excluding carboxylic acids is 2. The van der Waals surface area contributed by atoms with Gasteiger partial charge in [0.25, 0.3) is 5.69 Å². The van der Waals surface area contributed by atoms with Crippen molar-refractivity contribution in [1.82, 2.24) is 0 Å². The quantitative estimate of drug-likeness (QED) is 0.170. The first-order chi connectivity index (χ1) is 14.5. The first-order valence-electron chi connectivity index (χ1n) is 8.81. The van der Waals surface area contributed by atoms with Crippen LogP contribution < -0.4 is 4.74 Å². The summed E-state index contributed by atoms with van der Waals surface area (Å²) in [6, 6.07) is 14.0. The zero-order chi connectivity index (χ0) is 21.5. The maximum Gasteiger partial charge on any atom is 0.284 e. The fourth-order valence-corrected chi connectivity index (χ4v) is 2.79. The number of hydrogen-bond acceptors (Lipinski definition) is 7. The zero-order valence-electron chi connectivity index (χ0n) is 15.9. The van der Waals surface area contributed by atoms with Gasteiger partial charge in [-0.3, -0.25) is 19.7 Å². The lowest BCUT2D eigenvalue weighted by atomic mass is 9.97. The fourth-order valence-electron chi connectivity index (χ4n) is 2.79. The highest BCUT2D eigenvalue weighted by Crippen LogP contribution is 2.35. The van der Waals surface area contributed by atoms with E-state index in [0.29, 0.717) is 17.6 Å². The maximum atomic E-state index is 13.1. The smallest absolute Gasteiger partial charge is 0.284 e. The van der Waals surface area contributed by atoms with Crippen LogP contribution in [0.25, 0.3) is 12.2 Å². The van der Waals surface area contributed by atoms with E-state index in [0.717, 1.165) is 0 Å². The molecule has 0 atom stereocenters. The van der Waals surface area contributed by atoms with Gasteiger partial charge in [0, 0.05) is 24.3 Å². The molecule has 8 heteroatoms. The zero-order valence-corrected chi connectivity index (χ0v) is 15.9. The molecule has 0 unspecified atom stereocenters. The van der Waals surface area contributed by atoms with Gasteiger partial charge in [-0.25, -0.2) is 0 Å². The number of ether oxygens (including phenoxy) is 2. The lowest BCUT2D eigenvalue weighted by Crippen LogP contribution is -2.11. The highest BCUT2D eigenvalue weighted by atomic mass is 16.7. The Bertz CT molecular complexity index is 1100. The molecule has 0 saturated heterocycles. The summed E-state index contributed by atoms with van der Waals surface area (Å²) in [6.45, 7) is -0.215. The molecule has 0 spiro atoms. The average molecular weight is 407 g/mol. The van der Waals surface area contributed by atoms with E-state index >= 15 is 0 Å². The van der Waals surface area contributed by atoms with Crippen LogP contribution in [0.1, 0.15) is 37.8 Å². The van der Waals surface area contributed by atoms with Gasteiger partial charge < -0.3 is 13.9 Å². The highest BCUT2D eigenvalue weighted by Gasteiger charge is 2.28. The summed E-state index contributed by atoms with van der Waals surface area (Å²) in [5.74, 6) is 0.0152. The van der Waals surface area contributed by atoms with E-state index in [2.05, 4.69) is 0 Å². The Morgan fingerprint density at radius 3 is 2.43 bits per heavy atom. The highest BCUT2D eigenvalue weighted by molar-refractivity contribution is 6.14. The van der Waals surface area contributed by atoms with Crippen LogP contribution in [0.3, 0.4) is 0 Å². The van der Waals surface area contributed by atoms with Gasteiger partial charge in [0.1, 0.15) is 17.1 Å². The number of aldehydes is 1. The number of nitro benzene ring substituents is 1. The fraction of sp³-hybridized carbons (Fsp3) is 0.0909. The van der Waals surface area contributed by atoms with Gasteiger partial charge in [-0.1, -0.05) is 30.3 Å². The van der Waals surface area contributed by atoms with Gasteiger partial charge in [-0.15, -0.1) is 0 Å². The molecule has 0 bridgehead atoms. The first kappa shape index (κ1) is 20.7. The van der Waals surface area contributed by atoms with Crippen molar-refractivity contribution in [1.29, 1.82) is 0 Å². The standard InChI is InChI=1S/C22H17NO7/c1-28-14-29-22-16(7-9-17-10-11-18(13-24)30-17)8-12-19(23(26)27)20(22)21(25)15-5-3-2-4-6-15/h2-13H,14H2,1H3. The van der Waals surface area contributed by atoms with Crippen LogP contribution in [0.5, 0.6) is 5.75 Å². The molecule has 3 rings (SSSR count). The summed E-state index contributed by atoms with van der Waals surface area (Å²) in [5, 5.41) is 11.6. The van der Waals surface area contributed by atoms with Crippen LogP contribution in [0, 0.1) is 10.1 Å². The van der Waals surface area contributed by atoms with Crippen LogP contribution in [-0.4, -0.2) is 30.9 Å². The summed E-state index contributed by atoms with van der Waals surface area (Å²) in [5.41, 5.74) is 0.124. The molecule has 8 nitrogen and oxygen atoms in total. The second kappa shape index (κ2) is 9.44. The minimum absolute atomic E-state index is 0.0123. The topological polar surface area (TPSA) is 109 Å². The third-order valence-corrected chi connectivity index (χ3v) is 4.14. The van der Waals surface area contributed by atoms with Gasteiger partial charge >= 0.3 is 0 Å². The van der Waals surface area contributed by atoms with E-state index in [9.17, 15) is 19.7 Å². The van der Waals surface area contributed by atoms with E-state index in [-0.39, 0.29) is 35.1 Å². The van der Waals surface area contributed by atoms with Crippen molar-refractivity contribution < 1.29 is 28.4 Å². The van der Waals surface area contributed by atoms with Crippen LogP contribution in [0.2, 0.25) is 0 Å². The number of benzene rings is 2. The molecule has 0 aliphatic heterocycles. The molecule has 0 fully saturated rings. The number of nitro groups is 1. The molecular formula is C22H17NO7. The largest absolute Gasteiger partial charge is 0.466 e. The third kappa shape index (κ3) is 4.50. The first-order valence-corrected chi connectivity index (χ1v) is 8.81. The Hall–Kier alpha value is -4.04. The van der Waals surface area contributed by atoms with Gasteiger partial charge in [-0.2, -0.15) is 0 Å². The Balaban J connectivity index is 2.13.